The summed E-state index contributed by atoms with van der Waals surface area (Å²) in [7, 11) is 1.73. The fourth-order valence-electron chi connectivity index (χ4n) is 2.54. The zero-order valence-corrected chi connectivity index (χ0v) is 12.0. The lowest BCUT2D eigenvalue weighted by molar-refractivity contribution is -0.143. The van der Waals surface area contributed by atoms with Gasteiger partial charge in [0.05, 0.1) is 5.69 Å². The molecular weight excluding hydrogens is 273 g/mol. The van der Waals surface area contributed by atoms with Crippen molar-refractivity contribution in [1.82, 2.24) is 9.78 Å². The van der Waals surface area contributed by atoms with E-state index < -0.39 is 17.2 Å². The minimum absolute atomic E-state index is 0.0805. The highest BCUT2D eigenvalue weighted by Crippen LogP contribution is 2.30. The van der Waals surface area contributed by atoms with Crippen LogP contribution in [0.15, 0.2) is 30.3 Å². The van der Waals surface area contributed by atoms with E-state index in [1.165, 1.54) is 18.2 Å². The highest BCUT2D eigenvalue weighted by molar-refractivity contribution is 5.82. The Morgan fingerprint density at radius 1 is 1.48 bits per heavy atom. The molecule has 1 unspecified atom stereocenters. The molecule has 1 heterocycles. The predicted molar refractivity (Wildman–Crippen MR) is 76.4 cm³/mol. The molecule has 0 bridgehead atoms. The van der Waals surface area contributed by atoms with Crippen molar-refractivity contribution in [2.45, 2.75) is 18.8 Å². The molecule has 1 atom stereocenters. The summed E-state index contributed by atoms with van der Waals surface area (Å²) in [6.45, 7) is 1.62. The van der Waals surface area contributed by atoms with Crippen molar-refractivity contribution in [2.75, 3.05) is 6.54 Å². The number of carbonyl (C=O) groups is 1. The highest BCUT2D eigenvalue weighted by Gasteiger charge is 2.42. The predicted octanol–water partition coefficient (Wildman–Crippen LogP) is 1.39. The van der Waals surface area contributed by atoms with E-state index in [9.17, 15) is 14.3 Å². The first-order valence-corrected chi connectivity index (χ1v) is 6.58. The van der Waals surface area contributed by atoms with Gasteiger partial charge in [0.1, 0.15) is 11.2 Å². The van der Waals surface area contributed by atoms with E-state index in [0.29, 0.717) is 5.69 Å². The number of benzene rings is 1. The molecule has 0 fully saturated rings. The molecule has 6 heteroatoms. The Bertz CT molecular complexity index is 669. The molecule has 2 rings (SSSR count). The average molecular weight is 291 g/mol. The number of hydrogen-bond donors (Lipinski definition) is 2. The monoisotopic (exact) mass is 291 g/mol. The maximum atomic E-state index is 14.1. The zero-order chi connectivity index (χ0) is 15.6. The standard InChI is InChI=1S/C15H18FN3O2/c1-10-7-11(19(2)18-10)8-15(9-17,14(20)21)12-5-3-4-6-13(12)16/h3-7H,8-9,17H2,1-2H3,(H,20,21). The van der Waals surface area contributed by atoms with Gasteiger partial charge in [0.15, 0.2) is 0 Å². The maximum absolute atomic E-state index is 14.1. The van der Waals surface area contributed by atoms with Gasteiger partial charge in [-0.15, -0.1) is 0 Å². The van der Waals surface area contributed by atoms with E-state index in [2.05, 4.69) is 5.10 Å². The van der Waals surface area contributed by atoms with E-state index in [1.54, 1.807) is 23.9 Å². The number of rotatable bonds is 5. The Labute approximate surface area is 122 Å². The number of nitrogens with two attached hydrogens (primary N) is 1. The first-order valence-electron chi connectivity index (χ1n) is 6.58. The van der Waals surface area contributed by atoms with Crippen LogP contribution in [0.1, 0.15) is 17.0 Å². The van der Waals surface area contributed by atoms with Crippen molar-refractivity contribution in [3.05, 3.63) is 53.1 Å². The number of nitrogens with zero attached hydrogens (tertiary/aromatic N) is 2. The summed E-state index contributed by atoms with van der Waals surface area (Å²) in [5, 5.41) is 13.9. The number of aromatic nitrogens is 2. The molecule has 1 aromatic heterocycles. The molecule has 0 amide bonds. The normalized spacial score (nSPS) is 13.9. The molecule has 21 heavy (non-hydrogen) atoms. The van der Waals surface area contributed by atoms with Gasteiger partial charge in [0, 0.05) is 31.3 Å². The summed E-state index contributed by atoms with van der Waals surface area (Å²) in [5.41, 5.74) is 5.80. The third-order valence-electron chi connectivity index (χ3n) is 3.73. The number of halogens is 1. The molecule has 0 radical (unpaired) electrons. The van der Waals surface area contributed by atoms with E-state index in [-0.39, 0.29) is 18.5 Å². The number of carboxylic acid groups (broad SMARTS) is 1. The number of aliphatic carboxylic acids is 1. The van der Waals surface area contributed by atoms with Crippen molar-refractivity contribution in [3.63, 3.8) is 0 Å². The molecule has 0 saturated heterocycles. The molecule has 0 aliphatic rings. The van der Waals surface area contributed by atoms with Gasteiger partial charge in [-0.25, -0.2) is 4.39 Å². The van der Waals surface area contributed by atoms with Crippen LogP contribution in [0.3, 0.4) is 0 Å². The quantitative estimate of drug-likeness (QED) is 0.872. The van der Waals surface area contributed by atoms with Crippen LogP contribution in [-0.4, -0.2) is 27.4 Å². The second-order valence-electron chi connectivity index (χ2n) is 5.15. The van der Waals surface area contributed by atoms with Gasteiger partial charge >= 0.3 is 5.97 Å². The lowest BCUT2D eigenvalue weighted by Gasteiger charge is -2.28. The maximum Gasteiger partial charge on any atom is 0.315 e. The minimum atomic E-state index is -1.51. The molecule has 0 saturated carbocycles. The van der Waals surface area contributed by atoms with E-state index >= 15 is 0 Å². The molecule has 112 valence electrons. The molecule has 3 N–H and O–H groups in total. The van der Waals surface area contributed by atoms with Crippen LogP contribution in [0.4, 0.5) is 4.39 Å². The van der Waals surface area contributed by atoms with Crippen molar-refractivity contribution >= 4 is 5.97 Å². The highest BCUT2D eigenvalue weighted by atomic mass is 19.1. The Balaban J connectivity index is 2.55. The first kappa shape index (κ1) is 15.2. The molecule has 1 aromatic carbocycles. The van der Waals surface area contributed by atoms with Gasteiger partial charge in [-0.1, -0.05) is 18.2 Å². The lowest BCUT2D eigenvalue weighted by Crippen LogP contribution is -2.46. The summed E-state index contributed by atoms with van der Waals surface area (Å²) >= 11 is 0. The van der Waals surface area contributed by atoms with E-state index in [0.717, 1.165) is 5.69 Å². The van der Waals surface area contributed by atoms with Crippen molar-refractivity contribution in [1.29, 1.82) is 0 Å². The summed E-state index contributed by atoms with van der Waals surface area (Å²) < 4.78 is 15.7. The van der Waals surface area contributed by atoms with Crippen LogP contribution < -0.4 is 5.73 Å². The van der Waals surface area contributed by atoms with Gasteiger partial charge in [0.25, 0.3) is 0 Å². The Morgan fingerprint density at radius 3 is 2.62 bits per heavy atom. The van der Waals surface area contributed by atoms with E-state index in [1.807, 2.05) is 6.92 Å². The smallest absolute Gasteiger partial charge is 0.315 e. The van der Waals surface area contributed by atoms with Crippen molar-refractivity contribution < 1.29 is 14.3 Å². The van der Waals surface area contributed by atoms with Gasteiger partial charge < -0.3 is 10.8 Å². The first-order chi connectivity index (χ1) is 9.90. The summed E-state index contributed by atoms with van der Waals surface area (Å²) in [4.78, 5) is 11.9. The van der Waals surface area contributed by atoms with Gasteiger partial charge in [-0.05, 0) is 19.1 Å². The van der Waals surface area contributed by atoms with Crippen LogP contribution in [-0.2, 0) is 23.7 Å². The molecule has 2 aromatic rings. The number of hydrogen-bond acceptors (Lipinski definition) is 3. The summed E-state index contributed by atoms with van der Waals surface area (Å²) in [5.74, 6) is -1.71. The molecule has 0 spiro atoms. The van der Waals surface area contributed by atoms with Crippen LogP contribution in [0.25, 0.3) is 0 Å². The van der Waals surface area contributed by atoms with Crippen molar-refractivity contribution in [3.8, 4) is 0 Å². The fraction of sp³-hybridized carbons (Fsp3) is 0.333. The molecule has 0 aliphatic carbocycles. The van der Waals surface area contributed by atoms with Gasteiger partial charge in [-0.3, -0.25) is 9.48 Å². The third-order valence-corrected chi connectivity index (χ3v) is 3.73. The average Bonchev–Trinajstić information content (AvgIpc) is 2.74. The topological polar surface area (TPSA) is 81.1 Å². The molecule has 0 aliphatic heterocycles. The fourth-order valence-corrected chi connectivity index (χ4v) is 2.54. The van der Waals surface area contributed by atoms with Crippen LogP contribution >= 0.6 is 0 Å². The number of carboxylic acids is 1. The van der Waals surface area contributed by atoms with Crippen LogP contribution in [0.5, 0.6) is 0 Å². The number of aryl methyl sites for hydroxylation is 2. The van der Waals surface area contributed by atoms with Gasteiger partial charge in [-0.2, -0.15) is 5.10 Å². The Morgan fingerprint density at radius 2 is 2.14 bits per heavy atom. The second-order valence-corrected chi connectivity index (χ2v) is 5.15. The minimum Gasteiger partial charge on any atom is -0.481 e. The Kier molecular flexibility index (Phi) is 4.09. The molecule has 5 nitrogen and oxygen atoms in total. The third kappa shape index (κ3) is 2.67. The van der Waals surface area contributed by atoms with Crippen LogP contribution in [0.2, 0.25) is 0 Å². The zero-order valence-electron chi connectivity index (χ0n) is 12.0. The van der Waals surface area contributed by atoms with Crippen LogP contribution in [0, 0.1) is 12.7 Å². The second kappa shape index (κ2) is 5.65. The lowest BCUT2D eigenvalue weighted by atomic mass is 9.76. The largest absolute Gasteiger partial charge is 0.481 e. The molecular formula is C15H18FN3O2. The van der Waals surface area contributed by atoms with E-state index in [4.69, 9.17) is 5.73 Å². The SMILES string of the molecule is Cc1cc(CC(CN)(C(=O)O)c2ccccc2F)n(C)n1. The summed E-state index contributed by atoms with van der Waals surface area (Å²) in [6.07, 6.45) is 0.0805. The van der Waals surface area contributed by atoms with Crippen molar-refractivity contribution in [2.24, 2.45) is 12.8 Å². The van der Waals surface area contributed by atoms with Gasteiger partial charge in [0.2, 0.25) is 0 Å². The Hall–Kier alpha value is -2.21. The summed E-state index contributed by atoms with van der Waals surface area (Å²) in [6, 6.07) is 7.64.